The number of rotatable bonds is 5. The van der Waals surface area contributed by atoms with E-state index in [2.05, 4.69) is 0 Å². The maximum Gasteiger partial charge on any atom is 0.0617 e. The van der Waals surface area contributed by atoms with Gasteiger partial charge in [0.05, 0.1) is 6.61 Å². The van der Waals surface area contributed by atoms with E-state index in [1.807, 2.05) is 52.0 Å². The van der Waals surface area contributed by atoms with E-state index in [9.17, 15) is 0 Å². The van der Waals surface area contributed by atoms with Gasteiger partial charge in [-0.25, -0.2) is 0 Å². The molecule has 0 fully saturated rings. The predicted octanol–water partition coefficient (Wildman–Crippen LogP) is 5.51. The Kier molecular flexibility index (Phi) is 4.39. The summed E-state index contributed by atoms with van der Waals surface area (Å²) in [5.74, 6) is 0. The van der Waals surface area contributed by atoms with E-state index in [-0.39, 0.29) is 24.0 Å². The van der Waals surface area contributed by atoms with Crippen LogP contribution in [0.15, 0.2) is 58.7 Å². The summed E-state index contributed by atoms with van der Waals surface area (Å²) in [5.41, 5.74) is 2.00. The Hall–Kier alpha value is -1.34. The fourth-order valence-electron chi connectivity index (χ4n) is 2.21. The molecule has 1 nitrogen and oxygen atoms in total. The molecule has 0 unspecified atom stereocenters. The second-order valence-electron chi connectivity index (χ2n) is 6.08. The third-order valence-electron chi connectivity index (χ3n) is 3.69. The van der Waals surface area contributed by atoms with Crippen LogP contribution in [0.4, 0.5) is 0 Å². The van der Waals surface area contributed by atoms with Crippen LogP contribution in [0, 0.1) is 5.41 Å². The average molecular weight is 291 g/mol. The zero-order valence-electron chi connectivity index (χ0n) is 18.5. The molecule has 0 heterocycles. The summed E-state index contributed by atoms with van der Waals surface area (Å²) in [6.07, 6.45) is 9.95. The second-order valence-corrected chi connectivity index (χ2v) is 6.08. The van der Waals surface area contributed by atoms with Gasteiger partial charge in [0.1, 0.15) is 0 Å². The molecule has 1 aliphatic carbocycles. The molecule has 0 bridgehead atoms. The molecule has 1 aliphatic rings. The Balaban J connectivity index is 3.25. The van der Waals surface area contributed by atoms with E-state index < -0.39 is 13.2 Å². The van der Waals surface area contributed by atoms with Gasteiger partial charge in [0.15, 0.2) is 0 Å². The first-order chi connectivity index (χ1) is 11.8. The van der Waals surface area contributed by atoms with Crippen LogP contribution in [-0.4, -0.2) is 11.7 Å². The molecule has 1 heteroatoms. The summed E-state index contributed by atoms with van der Waals surface area (Å²) < 4.78 is 39.8. The maximum atomic E-state index is 8.84. The van der Waals surface area contributed by atoms with Gasteiger partial charge in [-0.3, -0.25) is 0 Å². The van der Waals surface area contributed by atoms with E-state index in [4.69, 9.17) is 12.0 Å². The van der Waals surface area contributed by atoms with E-state index in [0.717, 1.165) is 11.1 Å². The lowest BCUT2D eigenvalue weighted by molar-refractivity contribution is 0.342. The quantitative estimate of drug-likeness (QED) is 0.662. The Morgan fingerprint density at radius 1 is 1.33 bits per heavy atom. The van der Waals surface area contributed by atoms with Crippen molar-refractivity contribution in [1.29, 1.82) is 0 Å². The highest BCUT2D eigenvalue weighted by Crippen LogP contribution is 2.40. The standard InChI is InChI=1S/C20H30O/c1-16(8-6-9-17(2)13-15-21)11-12-19-18(3)10-7-14-20(19,4)5/h6,8-9,11-13,21H,7,10,14-15H2,1-5H3/b9-6+,12-11+,16-8-,17-13-/i3D3,10D2. The second kappa shape index (κ2) is 8.19. The minimum atomic E-state index is -2.45. The highest BCUT2D eigenvalue weighted by atomic mass is 16.2. The molecule has 1 N–H and O–H groups in total. The van der Waals surface area contributed by atoms with Crippen LogP contribution in [0.3, 0.4) is 0 Å². The van der Waals surface area contributed by atoms with Gasteiger partial charge in [0, 0.05) is 6.85 Å². The first kappa shape index (κ1) is 11.3. The van der Waals surface area contributed by atoms with Gasteiger partial charge in [0.2, 0.25) is 0 Å². The van der Waals surface area contributed by atoms with Gasteiger partial charge in [0.25, 0.3) is 0 Å². The van der Waals surface area contributed by atoms with Crippen molar-refractivity contribution in [3.8, 4) is 0 Å². The zero-order valence-corrected chi connectivity index (χ0v) is 13.5. The van der Waals surface area contributed by atoms with Crippen molar-refractivity contribution in [2.75, 3.05) is 6.61 Å². The van der Waals surface area contributed by atoms with Crippen molar-refractivity contribution in [3.63, 3.8) is 0 Å². The van der Waals surface area contributed by atoms with Crippen LogP contribution in [0.25, 0.3) is 0 Å². The first-order valence-corrected chi connectivity index (χ1v) is 7.37. The highest BCUT2D eigenvalue weighted by molar-refractivity contribution is 5.37. The van der Waals surface area contributed by atoms with Gasteiger partial charge in [-0.2, -0.15) is 0 Å². The largest absolute Gasteiger partial charge is 0.392 e. The van der Waals surface area contributed by atoms with Gasteiger partial charge < -0.3 is 5.11 Å². The summed E-state index contributed by atoms with van der Waals surface area (Å²) in [7, 11) is 0. The van der Waals surface area contributed by atoms with Gasteiger partial charge in [-0.1, -0.05) is 67.0 Å². The molecule has 116 valence electrons. The number of aliphatic hydroxyl groups is 1. The molecule has 0 amide bonds. The molecule has 0 saturated carbocycles. The molecule has 0 aromatic carbocycles. The molecule has 0 atom stereocenters. The minimum absolute atomic E-state index is 0.00189. The topological polar surface area (TPSA) is 20.2 Å². The van der Waals surface area contributed by atoms with E-state index in [1.165, 1.54) is 0 Å². The van der Waals surface area contributed by atoms with Gasteiger partial charge >= 0.3 is 0 Å². The zero-order chi connectivity index (χ0) is 20.2. The number of hydrogen-bond donors (Lipinski definition) is 1. The lowest BCUT2D eigenvalue weighted by atomic mass is 9.72. The molecule has 0 radical (unpaired) electrons. The molecule has 21 heavy (non-hydrogen) atoms. The Bertz CT molecular complexity index is 658. The molecular formula is C20H30O. The Labute approximate surface area is 137 Å². The summed E-state index contributed by atoms with van der Waals surface area (Å²) >= 11 is 0. The van der Waals surface area contributed by atoms with Crippen LogP contribution >= 0.6 is 0 Å². The molecule has 0 aromatic heterocycles. The van der Waals surface area contributed by atoms with Crippen LogP contribution < -0.4 is 0 Å². The van der Waals surface area contributed by atoms with Crippen molar-refractivity contribution in [3.05, 3.63) is 58.7 Å². The van der Waals surface area contributed by atoms with Crippen molar-refractivity contribution in [2.45, 2.75) is 53.8 Å². The number of aliphatic hydroxyl groups excluding tert-OH is 1. The molecule has 1 rings (SSSR count). The lowest BCUT2D eigenvalue weighted by Gasteiger charge is -2.32. The van der Waals surface area contributed by atoms with E-state index in [1.54, 1.807) is 12.2 Å². The smallest absolute Gasteiger partial charge is 0.0617 e. The van der Waals surface area contributed by atoms with E-state index >= 15 is 0 Å². The summed E-state index contributed by atoms with van der Waals surface area (Å²) in [4.78, 5) is 0. The summed E-state index contributed by atoms with van der Waals surface area (Å²) in [6, 6.07) is 0. The first-order valence-electron chi connectivity index (χ1n) is 9.87. The molecular weight excluding hydrogens is 256 g/mol. The van der Waals surface area contributed by atoms with Crippen molar-refractivity contribution >= 4 is 0 Å². The summed E-state index contributed by atoms with van der Waals surface area (Å²) in [6.45, 7) is 5.29. The molecule has 0 aliphatic heterocycles. The SMILES string of the molecule is [2H]C([2H])([2H])C1=C(/C=C/C(C)=C\C=C\C(C)=C/CO)C(C)(C)CCC1([2H])[2H]. The monoisotopic (exact) mass is 291 g/mol. The third kappa shape index (κ3) is 5.89. The van der Waals surface area contributed by atoms with Gasteiger partial charge in [-0.05, 0) is 50.9 Å². The normalized spacial score (nSPS) is 27.4. The van der Waals surface area contributed by atoms with Gasteiger partial charge in [-0.15, -0.1) is 0 Å². The number of hydrogen-bond acceptors (Lipinski definition) is 1. The third-order valence-corrected chi connectivity index (χ3v) is 3.69. The fourth-order valence-corrected chi connectivity index (χ4v) is 2.21. The summed E-state index contributed by atoms with van der Waals surface area (Å²) in [5, 5.41) is 8.84. The minimum Gasteiger partial charge on any atom is -0.392 e. The fraction of sp³-hybridized carbons (Fsp3) is 0.500. The maximum absolute atomic E-state index is 8.84. The molecule has 0 spiro atoms. The predicted molar refractivity (Wildman–Crippen MR) is 93.2 cm³/mol. The van der Waals surface area contributed by atoms with Crippen LogP contribution in [-0.2, 0) is 0 Å². The Morgan fingerprint density at radius 2 is 2.10 bits per heavy atom. The van der Waals surface area contributed by atoms with E-state index in [0.29, 0.717) is 12.0 Å². The number of allylic oxidation sites excluding steroid dienone is 9. The molecule has 0 aromatic rings. The lowest BCUT2D eigenvalue weighted by Crippen LogP contribution is -2.19. The van der Waals surface area contributed by atoms with Crippen molar-refractivity contribution in [1.82, 2.24) is 0 Å². The van der Waals surface area contributed by atoms with Crippen molar-refractivity contribution in [2.24, 2.45) is 5.41 Å². The van der Waals surface area contributed by atoms with Crippen LogP contribution in [0.5, 0.6) is 0 Å². The average Bonchev–Trinajstić information content (AvgIpc) is 2.47. The highest BCUT2D eigenvalue weighted by Gasteiger charge is 2.26. The van der Waals surface area contributed by atoms with Crippen LogP contribution in [0.2, 0.25) is 0 Å². The van der Waals surface area contributed by atoms with Crippen molar-refractivity contribution < 1.29 is 12.0 Å². The van der Waals surface area contributed by atoms with Crippen LogP contribution in [0.1, 0.15) is 60.6 Å². The molecule has 0 saturated heterocycles. The Morgan fingerprint density at radius 3 is 2.76 bits per heavy atom.